The van der Waals surface area contributed by atoms with Gasteiger partial charge in [0.1, 0.15) is 5.82 Å². The third kappa shape index (κ3) is 3.90. The van der Waals surface area contributed by atoms with E-state index in [0.717, 1.165) is 5.39 Å². The first-order valence-electron chi connectivity index (χ1n) is 13.7. The third-order valence-corrected chi connectivity index (χ3v) is 7.20. The average molecular weight is 502 g/mol. The minimum Gasteiger partial charge on any atom is -0.381 e. The number of fused-ring (bicyclic) bond motifs is 3. The van der Waals surface area contributed by atoms with Gasteiger partial charge < -0.3 is 9.30 Å². The Morgan fingerprint density at radius 2 is 2.03 bits per heavy atom. The summed E-state index contributed by atoms with van der Waals surface area (Å²) in [5, 5.41) is 8.69. The van der Waals surface area contributed by atoms with Crippen LogP contribution in [0.1, 0.15) is 51.7 Å². The van der Waals surface area contributed by atoms with Crippen molar-refractivity contribution < 1.29 is 18.0 Å². The van der Waals surface area contributed by atoms with Crippen molar-refractivity contribution in [1.29, 1.82) is 0 Å². The lowest BCUT2D eigenvalue weighted by molar-refractivity contribution is 0.0543. The van der Waals surface area contributed by atoms with E-state index in [4.69, 9.17) is 8.85 Å². The zero-order valence-electron chi connectivity index (χ0n) is 23.5. The van der Waals surface area contributed by atoms with Crippen molar-refractivity contribution >= 4 is 27.7 Å². The number of hydrogen-bond acceptors (Lipinski definition) is 6. The molecule has 1 aromatic carbocycles. The van der Waals surface area contributed by atoms with E-state index in [2.05, 4.69) is 20.3 Å². The molecule has 9 heteroatoms. The van der Waals surface area contributed by atoms with Crippen LogP contribution in [0.25, 0.3) is 33.2 Å². The fraction of sp³-hybridized carbons (Fsp3) is 0.321. The summed E-state index contributed by atoms with van der Waals surface area (Å²) in [6, 6.07) is 9.77. The van der Waals surface area contributed by atoms with Crippen LogP contribution in [0.5, 0.6) is 0 Å². The number of pyridine rings is 2. The predicted molar refractivity (Wildman–Crippen MR) is 138 cm³/mol. The summed E-state index contributed by atoms with van der Waals surface area (Å²) in [5.41, 5.74) is 3.60. The molecule has 1 atom stereocenters. The number of carbonyl (C=O) groups is 1. The summed E-state index contributed by atoms with van der Waals surface area (Å²) >= 11 is 0. The molecule has 0 bridgehead atoms. The van der Waals surface area contributed by atoms with Crippen LogP contribution in [0, 0.1) is 18.6 Å². The molecule has 5 heterocycles. The SMILES string of the molecule is [2H]C([2H])([2H])c1nnn(C)c1-c1ccc2c3ncc(C(C)=O)cc3n(C(c3ncccc3F)C3CCOCC3)c2c1. The third-order valence-electron chi connectivity index (χ3n) is 7.20. The molecule has 1 saturated heterocycles. The monoisotopic (exact) mass is 501 g/mol. The molecule has 0 aliphatic carbocycles. The van der Waals surface area contributed by atoms with Crippen LogP contribution in [0.4, 0.5) is 4.39 Å². The minimum atomic E-state index is -2.47. The van der Waals surface area contributed by atoms with Gasteiger partial charge in [0.25, 0.3) is 0 Å². The van der Waals surface area contributed by atoms with Gasteiger partial charge in [-0.15, -0.1) is 5.10 Å². The first kappa shape index (κ1) is 20.1. The summed E-state index contributed by atoms with van der Waals surface area (Å²) in [5.74, 6) is -0.582. The first-order valence-corrected chi connectivity index (χ1v) is 12.2. The molecule has 1 fully saturated rings. The van der Waals surface area contributed by atoms with Crippen LogP contribution in [-0.2, 0) is 11.8 Å². The van der Waals surface area contributed by atoms with E-state index in [-0.39, 0.29) is 23.1 Å². The second-order valence-corrected chi connectivity index (χ2v) is 9.43. The largest absolute Gasteiger partial charge is 0.381 e. The van der Waals surface area contributed by atoms with Gasteiger partial charge in [0.05, 0.1) is 39.7 Å². The highest BCUT2D eigenvalue weighted by Crippen LogP contribution is 2.41. The van der Waals surface area contributed by atoms with Gasteiger partial charge in [0.15, 0.2) is 5.78 Å². The number of aryl methyl sites for hydroxylation is 2. The molecule has 0 N–H and O–H groups in total. The second-order valence-electron chi connectivity index (χ2n) is 9.43. The quantitative estimate of drug-likeness (QED) is 0.313. The molecule has 37 heavy (non-hydrogen) atoms. The number of rotatable bonds is 5. The molecular formula is C28H27FN6O2. The molecule has 5 aromatic rings. The molecule has 0 radical (unpaired) electrons. The van der Waals surface area contributed by atoms with Crippen LogP contribution < -0.4 is 0 Å². The van der Waals surface area contributed by atoms with E-state index in [0.29, 0.717) is 59.4 Å². The smallest absolute Gasteiger partial charge is 0.161 e. The molecule has 0 saturated carbocycles. The Morgan fingerprint density at radius 1 is 1.19 bits per heavy atom. The number of ether oxygens (including phenoxy) is 1. The fourth-order valence-electron chi connectivity index (χ4n) is 5.43. The maximum Gasteiger partial charge on any atom is 0.161 e. The Bertz CT molecular complexity index is 1760. The molecule has 1 aliphatic heterocycles. The van der Waals surface area contributed by atoms with Gasteiger partial charge >= 0.3 is 0 Å². The van der Waals surface area contributed by atoms with Gasteiger partial charge in [-0.05, 0) is 62.9 Å². The lowest BCUT2D eigenvalue weighted by atomic mass is 9.88. The first-order chi connectivity index (χ1) is 19.1. The van der Waals surface area contributed by atoms with E-state index in [9.17, 15) is 4.79 Å². The van der Waals surface area contributed by atoms with Gasteiger partial charge in [-0.3, -0.25) is 14.8 Å². The van der Waals surface area contributed by atoms with Gasteiger partial charge in [0.2, 0.25) is 0 Å². The number of aromatic nitrogens is 6. The number of halogens is 1. The Morgan fingerprint density at radius 3 is 2.78 bits per heavy atom. The maximum atomic E-state index is 15.5. The average Bonchev–Trinajstić information content (AvgIpc) is 3.48. The zero-order valence-corrected chi connectivity index (χ0v) is 20.5. The van der Waals surface area contributed by atoms with Gasteiger partial charge in [-0.1, -0.05) is 11.3 Å². The number of nitrogens with zero attached hydrogens (tertiary/aromatic N) is 6. The number of Topliss-reactive ketones (excluding diaryl/α,β-unsaturated/α-hetero) is 1. The molecule has 188 valence electrons. The molecule has 1 unspecified atom stereocenters. The minimum absolute atomic E-state index is 0.0158. The molecule has 4 aromatic heterocycles. The van der Waals surface area contributed by atoms with Crippen molar-refractivity contribution in [2.75, 3.05) is 13.2 Å². The van der Waals surface area contributed by atoms with E-state index in [1.54, 1.807) is 31.6 Å². The highest BCUT2D eigenvalue weighted by atomic mass is 19.1. The van der Waals surface area contributed by atoms with Crippen molar-refractivity contribution in [1.82, 2.24) is 29.5 Å². The summed E-state index contributed by atoms with van der Waals surface area (Å²) < 4.78 is 48.5. The van der Waals surface area contributed by atoms with Crippen LogP contribution in [0.15, 0.2) is 48.8 Å². The molecule has 1 aliphatic rings. The zero-order chi connectivity index (χ0) is 28.2. The summed E-state index contributed by atoms with van der Waals surface area (Å²) in [4.78, 5) is 21.5. The molecule has 8 nitrogen and oxygen atoms in total. The standard InChI is InChI=1S/C28H27FN6O2/c1-16-27(34(3)33-32-16)19-6-7-21-23(13-19)35(24-14-20(17(2)36)15-31-25(21)24)28(18-8-11-37-12-9-18)26-22(29)5-4-10-30-26/h4-7,10,13-15,18,28H,8-9,11-12H2,1-3H3/i1D3. The Labute approximate surface area is 217 Å². The highest BCUT2D eigenvalue weighted by Gasteiger charge is 2.33. The molecule has 0 spiro atoms. The van der Waals surface area contributed by atoms with Gasteiger partial charge in [0, 0.05) is 53.3 Å². The summed E-state index contributed by atoms with van der Waals surface area (Å²) in [6.07, 6.45) is 4.50. The normalized spacial score (nSPS) is 17.0. The lowest BCUT2D eigenvalue weighted by Crippen LogP contribution is -2.28. The van der Waals surface area contributed by atoms with Crippen LogP contribution >= 0.6 is 0 Å². The van der Waals surface area contributed by atoms with Gasteiger partial charge in [-0.25, -0.2) is 9.07 Å². The predicted octanol–water partition coefficient (Wildman–Crippen LogP) is 5.05. The molecular weight excluding hydrogens is 471 g/mol. The summed E-state index contributed by atoms with van der Waals surface area (Å²) in [6.45, 7) is 0.0914. The van der Waals surface area contributed by atoms with Crippen LogP contribution in [-0.4, -0.2) is 48.5 Å². The summed E-state index contributed by atoms with van der Waals surface area (Å²) in [7, 11) is 1.64. The van der Waals surface area contributed by atoms with Crippen molar-refractivity contribution in [3.8, 4) is 11.3 Å². The number of carbonyl (C=O) groups excluding carboxylic acids is 1. The number of benzene rings is 1. The van der Waals surface area contributed by atoms with Crippen molar-refractivity contribution in [2.24, 2.45) is 13.0 Å². The lowest BCUT2D eigenvalue weighted by Gasteiger charge is -2.32. The topological polar surface area (TPSA) is 87.7 Å². The fourth-order valence-corrected chi connectivity index (χ4v) is 5.43. The number of ketones is 1. The van der Waals surface area contributed by atoms with E-state index >= 15 is 4.39 Å². The Balaban J connectivity index is 1.70. The van der Waals surface area contributed by atoms with Crippen LogP contribution in [0.3, 0.4) is 0 Å². The van der Waals surface area contributed by atoms with Crippen molar-refractivity contribution in [3.63, 3.8) is 0 Å². The Hall–Kier alpha value is -3.98. The Kier molecular flexibility index (Phi) is 4.98. The van der Waals surface area contributed by atoms with E-state index in [1.807, 2.05) is 22.8 Å². The highest BCUT2D eigenvalue weighted by molar-refractivity contribution is 6.09. The van der Waals surface area contributed by atoms with Crippen molar-refractivity contribution in [2.45, 2.75) is 32.7 Å². The van der Waals surface area contributed by atoms with Crippen molar-refractivity contribution in [3.05, 3.63) is 71.6 Å². The number of hydrogen-bond donors (Lipinski definition) is 0. The van der Waals surface area contributed by atoms with E-state index in [1.165, 1.54) is 17.7 Å². The van der Waals surface area contributed by atoms with Gasteiger partial charge in [-0.2, -0.15) is 0 Å². The second kappa shape index (κ2) is 9.15. The van der Waals surface area contributed by atoms with E-state index < -0.39 is 18.7 Å². The molecule has 0 amide bonds. The van der Waals surface area contributed by atoms with Crippen LogP contribution in [0.2, 0.25) is 0 Å². The molecule has 6 rings (SSSR count). The maximum absolute atomic E-state index is 15.5.